The molecule has 1 N–H and O–H groups in total. The van der Waals surface area contributed by atoms with Gasteiger partial charge in [-0.1, -0.05) is 0 Å². The molecular weight excluding hydrogens is 302 g/mol. The van der Waals surface area contributed by atoms with E-state index < -0.39 is 28.7 Å². The summed E-state index contributed by atoms with van der Waals surface area (Å²) >= 11 is 5.39. The molecule has 0 unspecified atom stereocenters. The number of halogens is 1. The fourth-order valence-corrected chi connectivity index (χ4v) is 1.83. The largest absolute Gasteiger partial charge is 0.464 e. The first-order valence-electron chi connectivity index (χ1n) is 6.07. The Morgan fingerprint density at radius 2 is 1.95 bits per heavy atom. The molecule has 1 rings (SSSR count). The van der Waals surface area contributed by atoms with E-state index in [2.05, 4.69) is 0 Å². The highest BCUT2D eigenvalue weighted by Gasteiger charge is 2.41. The van der Waals surface area contributed by atoms with Crippen LogP contribution in [0.3, 0.4) is 0 Å². The highest BCUT2D eigenvalue weighted by molar-refractivity contribution is 6.27. The molecule has 0 spiro atoms. The van der Waals surface area contributed by atoms with Crippen LogP contribution in [0.4, 0.5) is 5.69 Å². The molecule has 0 bridgehead atoms. The summed E-state index contributed by atoms with van der Waals surface area (Å²) in [6.07, 6.45) is -0.562. The zero-order valence-corrected chi connectivity index (χ0v) is 12.0. The lowest BCUT2D eigenvalue weighted by Gasteiger charge is -2.25. The van der Waals surface area contributed by atoms with Crippen LogP contribution in [0.5, 0.6) is 0 Å². The highest BCUT2D eigenvalue weighted by atomic mass is 35.5. The van der Waals surface area contributed by atoms with Gasteiger partial charge in [0.15, 0.2) is 11.4 Å². The Morgan fingerprint density at radius 1 is 1.38 bits per heavy atom. The Labute approximate surface area is 125 Å². The van der Waals surface area contributed by atoms with Crippen molar-refractivity contribution in [3.8, 4) is 0 Å². The molecule has 0 amide bonds. The monoisotopic (exact) mass is 315 g/mol. The van der Waals surface area contributed by atoms with Crippen molar-refractivity contribution >= 4 is 29.0 Å². The number of alkyl halides is 1. The Bertz CT molecular complexity index is 544. The van der Waals surface area contributed by atoms with Crippen molar-refractivity contribution in [3.63, 3.8) is 0 Å². The van der Waals surface area contributed by atoms with E-state index in [0.29, 0.717) is 0 Å². The number of rotatable bonds is 7. The second-order valence-corrected chi connectivity index (χ2v) is 4.50. The second-order valence-electron chi connectivity index (χ2n) is 4.23. The van der Waals surface area contributed by atoms with Gasteiger partial charge >= 0.3 is 5.97 Å². The van der Waals surface area contributed by atoms with Gasteiger partial charge in [0.2, 0.25) is 0 Å². The predicted molar refractivity (Wildman–Crippen MR) is 74.0 cm³/mol. The molecule has 21 heavy (non-hydrogen) atoms. The summed E-state index contributed by atoms with van der Waals surface area (Å²) < 4.78 is 4.77. The maximum Gasteiger partial charge on any atom is 0.343 e. The van der Waals surface area contributed by atoms with Crippen molar-refractivity contribution in [2.45, 2.75) is 18.9 Å². The molecule has 0 aliphatic rings. The van der Waals surface area contributed by atoms with Crippen molar-refractivity contribution in [2.75, 3.05) is 12.5 Å². The van der Waals surface area contributed by atoms with Crippen LogP contribution in [0, 0.1) is 10.1 Å². The molecule has 0 saturated carbocycles. The average molecular weight is 316 g/mol. The fourth-order valence-electron chi connectivity index (χ4n) is 1.73. The number of nitro benzene ring substituents is 1. The molecule has 0 aliphatic carbocycles. The molecular formula is C13H14ClNO6. The molecule has 1 aromatic rings. The standard InChI is InChI=1S/C13H14ClNO6/c1-2-21-12(17)13(18,7-11(16)8-14)9-3-5-10(6-4-9)15(19)20/h3-6,18H,2,7-8H2,1H3/t13-/m0/s1. The van der Waals surface area contributed by atoms with Crippen LogP contribution in [0.25, 0.3) is 0 Å². The Morgan fingerprint density at radius 3 is 2.38 bits per heavy atom. The number of aliphatic hydroxyl groups is 1. The van der Waals surface area contributed by atoms with E-state index in [9.17, 15) is 24.8 Å². The topological polar surface area (TPSA) is 107 Å². The molecule has 0 fully saturated rings. The van der Waals surface area contributed by atoms with Gasteiger partial charge in [0.05, 0.1) is 23.8 Å². The Kier molecular flexibility index (Phi) is 5.80. The van der Waals surface area contributed by atoms with Crippen LogP contribution in [0.1, 0.15) is 18.9 Å². The smallest absolute Gasteiger partial charge is 0.343 e. The van der Waals surface area contributed by atoms with Gasteiger partial charge in [0.1, 0.15) is 0 Å². The molecule has 114 valence electrons. The summed E-state index contributed by atoms with van der Waals surface area (Å²) in [4.78, 5) is 33.4. The quantitative estimate of drug-likeness (QED) is 0.354. The number of hydrogen-bond donors (Lipinski definition) is 1. The number of Topliss-reactive ketones (excluding diaryl/α,β-unsaturated/α-hetero) is 1. The van der Waals surface area contributed by atoms with Crippen LogP contribution in [-0.2, 0) is 19.9 Å². The van der Waals surface area contributed by atoms with Crippen LogP contribution in [0.2, 0.25) is 0 Å². The van der Waals surface area contributed by atoms with Crippen molar-refractivity contribution in [3.05, 3.63) is 39.9 Å². The molecule has 0 heterocycles. The van der Waals surface area contributed by atoms with Crippen molar-refractivity contribution in [1.29, 1.82) is 0 Å². The SMILES string of the molecule is CCOC(=O)[C@](O)(CC(=O)CCl)c1ccc([N+](=O)[O-])cc1. The lowest BCUT2D eigenvalue weighted by molar-refractivity contribution is -0.384. The summed E-state index contributed by atoms with van der Waals surface area (Å²) in [5.74, 6) is -1.92. The van der Waals surface area contributed by atoms with Crippen molar-refractivity contribution in [1.82, 2.24) is 0 Å². The predicted octanol–water partition coefficient (Wildman–Crippen LogP) is 1.54. The second kappa shape index (κ2) is 7.14. The van der Waals surface area contributed by atoms with Gasteiger partial charge in [-0.15, -0.1) is 11.6 Å². The summed E-state index contributed by atoms with van der Waals surface area (Å²) in [6, 6.07) is 4.67. The lowest BCUT2D eigenvalue weighted by Crippen LogP contribution is -2.39. The van der Waals surface area contributed by atoms with E-state index in [-0.39, 0.29) is 23.7 Å². The van der Waals surface area contributed by atoms with Crippen LogP contribution in [0.15, 0.2) is 24.3 Å². The van der Waals surface area contributed by atoms with E-state index in [1.54, 1.807) is 6.92 Å². The number of hydrogen-bond acceptors (Lipinski definition) is 6. The third-order valence-corrected chi connectivity index (χ3v) is 3.07. The summed E-state index contributed by atoms with van der Waals surface area (Å²) in [7, 11) is 0. The first-order valence-corrected chi connectivity index (χ1v) is 6.60. The maximum atomic E-state index is 11.9. The molecule has 1 aromatic carbocycles. The molecule has 0 radical (unpaired) electrons. The first-order chi connectivity index (χ1) is 9.85. The van der Waals surface area contributed by atoms with Gasteiger partial charge in [-0.2, -0.15) is 0 Å². The van der Waals surface area contributed by atoms with E-state index in [1.165, 1.54) is 12.1 Å². The molecule has 7 nitrogen and oxygen atoms in total. The number of carbonyl (C=O) groups is 2. The number of benzene rings is 1. The number of carbonyl (C=O) groups excluding carboxylic acids is 2. The summed E-state index contributed by atoms with van der Waals surface area (Å²) in [5, 5.41) is 21.1. The maximum absolute atomic E-state index is 11.9. The van der Waals surface area contributed by atoms with Gasteiger partial charge < -0.3 is 9.84 Å². The van der Waals surface area contributed by atoms with Gasteiger partial charge in [-0.25, -0.2) is 4.79 Å². The number of non-ortho nitro benzene ring substituents is 1. The number of ether oxygens (including phenoxy) is 1. The summed E-state index contributed by atoms with van der Waals surface area (Å²) in [6.45, 7) is 1.57. The average Bonchev–Trinajstić information content (AvgIpc) is 2.47. The fraction of sp³-hybridized carbons (Fsp3) is 0.385. The zero-order chi connectivity index (χ0) is 16.0. The highest BCUT2D eigenvalue weighted by Crippen LogP contribution is 2.29. The minimum atomic E-state index is -2.21. The Balaban J connectivity index is 3.19. The zero-order valence-electron chi connectivity index (χ0n) is 11.2. The van der Waals surface area contributed by atoms with Crippen LogP contribution < -0.4 is 0 Å². The minimum absolute atomic E-state index is 0.0171. The lowest BCUT2D eigenvalue weighted by atomic mass is 9.88. The van der Waals surface area contributed by atoms with Crippen molar-refractivity contribution < 1.29 is 24.4 Å². The van der Waals surface area contributed by atoms with E-state index in [1.807, 2.05) is 0 Å². The normalized spacial score (nSPS) is 13.3. The van der Waals surface area contributed by atoms with Crippen LogP contribution >= 0.6 is 11.6 Å². The third kappa shape index (κ3) is 3.99. The molecule has 0 saturated heterocycles. The number of nitrogens with zero attached hydrogens (tertiary/aromatic N) is 1. The number of nitro groups is 1. The van der Waals surface area contributed by atoms with Crippen molar-refractivity contribution in [2.24, 2.45) is 0 Å². The van der Waals surface area contributed by atoms with E-state index in [0.717, 1.165) is 12.1 Å². The summed E-state index contributed by atoms with van der Waals surface area (Å²) in [5.41, 5.74) is -2.38. The van der Waals surface area contributed by atoms with Gasteiger partial charge in [-0.05, 0) is 24.6 Å². The molecule has 0 aromatic heterocycles. The third-order valence-electron chi connectivity index (χ3n) is 2.77. The first kappa shape index (κ1) is 17.1. The Hall–Kier alpha value is -1.99. The van der Waals surface area contributed by atoms with Gasteiger partial charge in [0, 0.05) is 12.1 Å². The van der Waals surface area contributed by atoms with Gasteiger partial charge in [0.25, 0.3) is 5.69 Å². The number of ketones is 1. The molecule has 0 aliphatic heterocycles. The molecule has 1 atom stereocenters. The minimum Gasteiger partial charge on any atom is -0.464 e. The number of esters is 1. The molecule has 8 heteroatoms. The van der Waals surface area contributed by atoms with Crippen LogP contribution in [-0.4, -0.2) is 34.3 Å². The van der Waals surface area contributed by atoms with Gasteiger partial charge in [-0.3, -0.25) is 14.9 Å². The van der Waals surface area contributed by atoms with E-state index >= 15 is 0 Å². The van der Waals surface area contributed by atoms with E-state index in [4.69, 9.17) is 16.3 Å².